The minimum atomic E-state index is -1.34. The van der Waals surface area contributed by atoms with Crippen LogP contribution in [0.25, 0.3) is 0 Å². The number of benzene rings is 3. The number of aromatic hydroxyl groups is 3. The Morgan fingerprint density at radius 1 is 0.973 bits per heavy atom. The van der Waals surface area contributed by atoms with Gasteiger partial charge in [0.15, 0.2) is 23.0 Å². The van der Waals surface area contributed by atoms with Crippen LogP contribution in [0.4, 0.5) is 10.5 Å². The monoisotopic (exact) mass is 510 g/mol. The van der Waals surface area contributed by atoms with Crippen LogP contribution in [0.2, 0.25) is 0 Å². The minimum absolute atomic E-state index is 0.187. The second kappa shape index (κ2) is 11.1. The first-order valence-electron chi connectivity index (χ1n) is 10.7. The molecule has 0 radical (unpaired) electrons. The van der Waals surface area contributed by atoms with Crippen molar-refractivity contribution in [2.45, 2.75) is 19.4 Å². The maximum absolute atomic E-state index is 12.9. The molecule has 1 amide bonds. The summed E-state index contributed by atoms with van der Waals surface area (Å²) in [6.07, 6.45) is -1.48. The molecule has 0 saturated carbocycles. The van der Waals surface area contributed by atoms with Crippen molar-refractivity contribution in [1.82, 2.24) is 5.32 Å². The predicted octanol–water partition coefficient (Wildman–Crippen LogP) is 3.12. The van der Waals surface area contributed by atoms with Gasteiger partial charge in [-0.1, -0.05) is 35.9 Å². The number of carbonyl (C=O) groups is 3. The van der Waals surface area contributed by atoms with E-state index in [1.807, 2.05) is 6.92 Å². The predicted molar refractivity (Wildman–Crippen MR) is 128 cm³/mol. The van der Waals surface area contributed by atoms with Crippen molar-refractivity contribution in [3.63, 3.8) is 0 Å². The van der Waals surface area contributed by atoms with E-state index in [-0.39, 0.29) is 23.3 Å². The van der Waals surface area contributed by atoms with Crippen LogP contribution >= 0.6 is 0 Å². The quantitative estimate of drug-likeness (QED) is 0.115. The Labute approximate surface area is 209 Å². The first-order chi connectivity index (χ1) is 17.5. The molecular formula is C25H22N2O10. The van der Waals surface area contributed by atoms with E-state index < -0.39 is 51.7 Å². The first-order valence-corrected chi connectivity index (χ1v) is 10.7. The third-order valence-corrected chi connectivity index (χ3v) is 5.29. The second-order valence-corrected chi connectivity index (χ2v) is 7.93. The number of amides is 1. The number of aryl methyl sites for hydroxylation is 1. The third-order valence-electron chi connectivity index (χ3n) is 5.29. The Kier molecular flexibility index (Phi) is 7.92. The number of nitro benzene ring substituents is 1. The summed E-state index contributed by atoms with van der Waals surface area (Å²) in [6, 6.07) is 10.6. The van der Waals surface area contributed by atoms with E-state index in [1.165, 1.54) is 30.3 Å². The summed E-state index contributed by atoms with van der Waals surface area (Å²) in [5, 5.41) is 43.1. The van der Waals surface area contributed by atoms with E-state index in [0.717, 1.165) is 24.8 Å². The van der Waals surface area contributed by atoms with Crippen LogP contribution in [0, 0.1) is 17.0 Å². The fraction of sp³-hybridized carbons (Fsp3) is 0.160. The highest BCUT2D eigenvalue weighted by Crippen LogP contribution is 2.38. The van der Waals surface area contributed by atoms with E-state index >= 15 is 0 Å². The van der Waals surface area contributed by atoms with Gasteiger partial charge in [-0.2, -0.15) is 0 Å². The number of phenolic OH excluding ortho intramolecular Hbond substituents is 3. The van der Waals surface area contributed by atoms with Crippen LogP contribution in [0.3, 0.4) is 0 Å². The highest BCUT2D eigenvalue weighted by Gasteiger charge is 2.27. The lowest BCUT2D eigenvalue weighted by molar-refractivity contribution is -0.385. The lowest BCUT2D eigenvalue weighted by atomic mass is 10.0. The van der Waals surface area contributed by atoms with Gasteiger partial charge in [0.1, 0.15) is 6.04 Å². The maximum Gasteiger partial charge on any atom is 0.413 e. The molecule has 0 aliphatic heterocycles. The van der Waals surface area contributed by atoms with Crippen molar-refractivity contribution in [3.05, 3.63) is 87.0 Å². The van der Waals surface area contributed by atoms with E-state index in [0.29, 0.717) is 5.56 Å². The number of hydrogen-bond donors (Lipinski definition) is 4. The summed E-state index contributed by atoms with van der Waals surface area (Å²) in [6.45, 7) is 1.82. The summed E-state index contributed by atoms with van der Waals surface area (Å²) in [5.74, 6) is -4.03. The van der Waals surface area contributed by atoms with Gasteiger partial charge in [0.05, 0.1) is 12.0 Å². The summed E-state index contributed by atoms with van der Waals surface area (Å²) < 4.78 is 9.70. The Hall–Kier alpha value is -5.13. The number of phenols is 3. The number of nitrogens with zero attached hydrogens (tertiary/aromatic N) is 1. The molecule has 37 heavy (non-hydrogen) atoms. The first kappa shape index (κ1) is 26.5. The second-order valence-electron chi connectivity index (χ2n) is 7.93. The molecule has 0 unspecified atom stereocenters. The molecule has 0 heterocycles. The average molecular weight is 510 g/mol. The number of nitro groups is 1. The van der Waals surface area contributed by atoms with Gasteiger partial charge in [-0.05, 0) is 30.7 Å². The summed E-state index contributed by atoms with van der Waals surface area (Å²) in [4.78, 5) is 48.2. The molecule has 12 heteroatoms. The Morgan fingerprint density at radius 2 is 1.65 bits per heavy atom. The molecule has 0 aliphatic carbocycles. The molecule has 1 atom stereocenters. The van der Waals surface area contributed by atoms with Gasteiger partial charge in [-0.15, -0.1) is 0 Å². The zero-order chi connectivity index (χ0) is 27.3. The largest absolute Gasteiger partial charge is 0.504 e. The van der Waals surface area contributed by atoms with E-state index in [4.69, 9.17) is 4.74 Å². The number of methoxy groups -OCH3 is 1. The summed E-state index contributed by atoms with van der Waals surface area (Å²) in [7, 11) is 1.08. The fourth-order valence-electron chi connectivity index (χ4n) is 3.35. The number of ether oxygens (including phenoxy) is 2. The van der Waals surface area contributed by atoms with E-state index in [1.54, 1.807) is 12.1 Å². The Balaban J connectivity index is 1.88. The molecule has 4 N–H and O–H groups in total. The fourth-order valence-corrected chi connectivity index (χ4v) is 3.35. The molecule has 0 fully saturated rings. The topological polar surface area (TPSA) is 186 Å². The van der Waals surface area contributed by atoms with Crippen molar-refractivity contribution >= 4 is 23.5 Å². The Bertz CT molecular complexity index is 1370. The zero-order valence-corrected chi connectivity index (χ0v) is 19.6. The van der Waals surface area contributed by atoms with Crippen LogP contribution < -0.4 is 10.1 Å². The third kappa shape index (κ3) is 6.31. The molecule has 192 valence electrons. The number of nitrogens with one attached hydrogen (secondary N) is 1. The van der Waals surface area contributed by atoms with Crippen molar-refractivity contribution < 1.29 is 44.1 Å². The van der Waals surface area contributed by atoms with Crippen molar-refractivity contribution in [2.24, 2.45) is 0 Å². The van der Waals surface area contributed by atoms with Gasteiger partial charge in [0, 0.05) is 23.6 Å². The molecule has 0 aromatic heterocycles. The number of carbonyl (C=O) groups excluding carboxylic acids is 3. The molecule has 3 aromatic carbocycles. The molecule has 0 saturated heterocycles. The number of esters is 1. The van der Waals surface area contributed by atoms with Gasteiger partial charge in [0.2, 0.25) is 5.75 Å². The molecule has 12 nitrogen and oxygen atoms in total. The molecule has 0 aliphatic rings. The van der Waals surface area contributed by atoms with Gasteiger partial charge < -0.3 is 30.1 Å². The summed E-state index contributed by atoms with van der Waals surface area (Å²) >= 11 is 0. The van der Waals surface area contributed by atoms with Crippen LogP contribution in [0.5, 0.6) is 23.0 Å². The van der Waals surface area contributed by atoms with Crippen LogP contribution in [0.15, 0.2) is 54.6 Å². The standard InChI is InChI=1S/C25H22N2O10/c1-13-3-6-15(7-4-13)22(30)16-11-18(27(34)35)23(31)21(12-16)37-25(33)26-17(24(32)36-2)9-14-5-8-19(28)20(29)10-14/h3-8,10-12,17,28-29,31H,9H2,1-2H3,(H,26,33)/t17-/m0/s1. The summed E-state index contributed by atoms with van der Waals surface area (Å²) in [5.41, 5.74) is 0.348. The van der Waals surface area contributed by atoms with Crippen molar-refractivity contribution in [1.29, 1.82) is 0 Å². The minimum Gasteiger partial charge on any atom is -0.504 e. The smallest absolute Gasteiger partial charge is 0.413 e. The van der Waals surface area contributed by atoms with Gasteiger partial charge in [-0.25, -0.2) is 9.59 Å². The molecular weight excluding hydrogens is 488 g/mol. The number of ketones is 1. The molecule has 0 bridgehead atoms. The molecule has 3 rings (SSSR count). The number of hydrogen-bond acceptors (Lipinski definition) is 10. The highest BCUT2D eigenvalue weighted by atomic mass is 16.6. The van der Waals surface area contributed by atoms with Gasteiger partial charge in [0.25, 0.3) is 0 Å². The van der Waals surface area contributed by atoms with Gasteiger partial charge >= 0.3 is 17.7 Å². The zero-order valence-electron chi connectivity index (χ0n) is 19.6. The van der Waals surface area contributed by atoms with Crippen LogP contribution in [-0.4, -0.2) is 51.2 Å². The molecule has 0 spiro atoms. The van der Waals surface area contributed by atoms with Gasteiger partial charge in [-0.3, -0.25) is 14.9 Å². The normalized spacial score (nSPS) is 11.3. The highest BCUT2D eigenvalue weighted by molar-refractivity contribution is 6.10. The lowest BCUT2D eigenvalue weighted by Gasteiger charge is -2.17. The van der Waals surface area contributed by atoms with E-state index in [9.17, 15) is 39.8 Å². The van der Waals surface area contributed by atoms with Crippen LogP contribution in [0.1, 0.15) is 27.0 Å². The van der Waals surface area contributed by atoms with Crippen molar-refractivity contribution in [2.75, 3.05) is 7.11 Å². The van der Waals surface area contributed by atoms with E-state index in [2.05, 4.69) is 10.1 Å². The maximum atomic E-state index is 12.9. The Morgan fingerprint density at radius 3 is 2.24 bits per heavy atom. The average Bonchev–Trinajstić information content (AvgIpc) is 2.86. The molecule has 3 aromatic rings. The van der Waals surface area contributed by atoms with Crippen molar-refractivity contribution in [3.8, 4) is 23.0 Å². The van der Waals surface area contributed by atoms with Crippen LogP contribution in [-0.2, 0) is 16.0 Å². The number of rotatable bonds is 8. The lowest BCUT2D eigenvalue weighted by Crippen LogP contribution is -2.44. The SMILES string of the molecule is COC(=O)[C@H](Cc1ccc(O)c(O)c1)NC(=O)Oc1cc(C(=O)c2ccc(C)cc2)cc([N+](=O)[O-])c1O.